The highest BCUT2D eigenvalue weighted by atomic mass is 15.2. The van der Waals surface area contributed by atoms with Crippen LogP contribution in [-0.2, 0) is 6.54 Å². The minimum atomic E-state index is 0.485. The molecule has 3 rings (SSSR count). The molecule has 0 atom stereocenters. The third-order valence-electron chi connectivity index (χ3n) is 2.81. The maximum Gasteiger partial charge on any atom is 0.247 e. The van der Waals surface area contributed by atoms with E-state index in [1.165, 1.54) is 0 Å². The van der Waals surface area contributed by atoms with Crippen LogP contribution < -0.4 is 11.1 Å². The van der Waals surface area contributed by atoms with E-state index in [0.29, 0.717) is 12.5 Å². The molecular formula is C14H13N5. The van der Waals surface area contributed by atoms with Crippen molar-refractivity contribution >= 4 is 22.7 Å². The number of anilines is 2. The van der Waals surface area contributed by atoms with Crippen LogP contribution in [0, 0.1) is 0 Å². The van der Waals surface area contributed by atoms with E-state index >= 15 is 0 Å². The summed E-state index contributed by atoms with van der Waals surface area (Å²) >= 11 is 0. The van der Waals surface area contributed by atoms with Gasteiger partial charge in [0.2, 0.25) is 5.95 Å². The summed E-state index contributed by atoms with van der Waals surface area (Å²) < 4.78 is 0. The number of nitrogens with one attached hydrogen (secondary N) is 1. The molecule has 0 aliphatic rings. The molecular weight excluding hydrogens is 238 g/mol. The molecule has 0 aliphatic heterocycles. The predicted molar refractivity (Wildman–Crippen MR) is 74.9 cm³/mol. The number of para-hydroxylation sites is 1. The van der Waals surface area contributed by atoms with Gasteiger partial charge in [0, 0.05) is 12.2 Å². The zero-order valence-corrected chi connectivity index (χ0v) is 10.2. The summed E-state index contributed by atoms with van der Waals surface area (Å²) in [6.07, 6.45) is 0. The Morgan fingerprint density at radius 2 is 1.63 bits per heavy atom. The minimum absolute atomic E-state index is 0.485. The van der Waals surface area contributed by atoms with Gasteiger partial charge in [0.15, 0.2) is 0 Å². The zero-order chi connectivity index (χ0) is 13.1. The first-order valence-electron chi connectivity index (χ1n) is 6.00. The van der Waals surface area contributed by atoms with Crippen LogP contribution in [0.5, 0.6) is 0 Å². The highest BCUT2D eigenvalue weighted by molar-refractivity contribution is 5.74. The van der Waals surface area contributed by atoms with Crippen molar-refractivity contribution in [2.75, 3.05) is 5.32 Å². The van der Waals surface area contributed by atoms with E-state index in [2.05, 4.69) is 20.5 Å². The van der Waals surface area contributed by atoms with Gasteiger partial charge < -0.3 is 11.1 Å². The lowest BCUT2D eigenvalue weighted by Gasteiger charge is -2.05. The highest BCUT2D eigenvalue weighted by Crippen LogP contribution is 2.15. The largest absolute Gasteiger partial charge is 0.326 e. The van der Waals surface area contributed by atoms with Crippen LogP contribution in [0.4, 0.5) is 11.6 Å². The molecule has 2 aromatic carbocycles. The first-order chi connectivity index (χ1) is 9.35. The smallest absolute Gasteiger partial charge is 0.247 e. The minimum Gasteiger partial charge on any atom is -0.326 e. The molecule has 3 aromatic rings. The van der Waals surface area contributed by atoms with E-state index in [1.54, 1.807) is 0 Å². The summed E-state index contributed by atoms with van der Waals surface area (Å²) in [5, 5.41) is 11.3. The molecule has 0 unspecified atom stereocenters. The summed E-state index contributed by atoms with van der Waals surface area (Å²) in [6.45, 7) is 0.536. The Balaban J connectivity index is 1.87. The molecule has 0 amide bonds. The van der Waals surface area contributed by atoms with E-state index in [1.807, 2.05) is 48.5 Å². The van der Waals surface area contributed by atoms with Crippen molar-refractivity contribution in [2.24, 2.45) is 5.73 Å². The van der Waals surface area contributed by atoms with Crippen LogP contribution in [0.1, 0.15) is 5.56 Å². The summed E-state index contributed by atoms with van der Waals surface area (Å²) in [6, 6.07) is 15.5. The Morgan fingerprint density at radius 3 is 2.37 bits per heavy atom. The summed E-state index contributed by atoms with van der Waals surface area (Å²) in [4.78, 5) is 4.40. The third kappa shape index (κ3) is 2.51. The van der Waals surface area contributed by atoms with E-state index in [4.69, 9.17) is 5.73 Å². The van der Waals surface area contributed by atoms with Crippen molar-refractivity contribution in [3.05, 3.63) is 54.1 Å². The van der Waals surface area contributed by atoms with Gasteiger partial charge in [0.25, 0.3) is 0 Å². The molecule has 94 valence electrons. The second-order valence-corrected chi connectivity index (χ2v) is 4.15. The molecule has 0 saturated carbocycles. The Kier molecular flexibility index (Phi) is 3.04. The van der Waals surface area contributed by atoms with Gasteiger partial charge in [-0.05, 0) is 29.8 Å². The molecule has 5 heteroatoms. The first kappa shape index (κ1) is 11.6. The molecule has 19 heavy (non-hydrogen) atoms. The van der Waals surface area contributed by atoms with Crippen LogP contribution >= 0.6 is 0 Å². The SMILES string of the molecule is NCc1ccc(Nc2nnc3ccccc3n2)cc1. The first-order valence-corrected chi connectivity index (χ1v) is 6.00. The topological polar surface area (TPSA) is 76.7 Å². The van der Waals surface area contributed by atoms with Crippen LogP contribution in [0.2, 0.25) is 0 Å². The van der Waals surface area contributed by atoms with Crippen molar-refractivity contribution in [3.8, 4) is 0 Å². The maximum absolute atomic E-state index is 5.56. The molecule has 3 N–H and O–H groups in total. The van der Waals surface area contributed by atoms with Gasteiger partial charge in [-0.3, -0.25) is 0 Å². The molecule has 1 heterocycles. The Bertz CT molecular complexity index is 694. The molecule has 5 nitrogen and oxygen atoms in total. The monoisotopic (exact) mass is 251 g/mol. The van der Waals surface area contributed by atoms with Gasteiger partial charge in [-0.25, -0.2) is 4.98 Å². The number of fused-ring (bicyclic) bond motifs is 1. The van der Waals surface area contributed by atoms with Crippen molar-refractivity contribution in [1.29, 1.82) is 0 Å². The summed E-state index contributed by atoms with van der Waals surface area (Å²) in [5.74, 6) is 0.485. The lowest BCUT2D eigenvalue weighted by molar-refractivity contribution is 1.03. The molecule has 0 spiro atoms. The van der Waals surface area contributed by atoms with Crippen LogP contribution in [-0.4, -0.2) is 15.2 Å². The van der Waals surface area contributed by atoms with Gasteiger partial charge in [-0.1, -0.05) is 24.3 Å². The van der Waals surface area contributed by atoms with Crippen molar-refractivity contribution in [3.63, 3.8) is 0 Å². The van der Waals surface area contributed by atoms with Crippen molar-refractivity contribution in [1.82, 2.24) is 15.2 Å². The lowest BCUT2D eigenvalue weighted by atomic mass is 10.2. The highest BCUT2D eigenvalue weighted by Gasteiger charge is 2.01. The summed E-state index contributed by atoms with van der Waals surface area (Å²) in [5.41, 5.74) is 9.16. The van der Waals surface area contributed by atoms with Crippen molar-refractivity contribution in [2.45, 2.75) is 6.54 Å². The van der Waals surface area contributed by atoms with E-state index < -0.39 is 0 Å². The van der Waals surface area contributed by atoms with Crippen LogP contribution in [0.15, 0.2) is 48.5 Å². The normalized spacial score (nSPS) is 10.6. The van der Waals surface area contributed by atoms with Crippen molar-refractivity contribution < 1.29 is 0 Å². The standard InChI is InChI=1S/C14H13N5/c15-9-10-5-7-11(8-6-10)16-14-17-12-3-1-2-4-13(12)18-19-14/h1-8H,9,15H2,(H,16,17,19). The van der Waals surface area contributed by atoms with E-state index in [9.17, 15) is 0 Å². The van der Waals surface area contributed by atoms with Gasteiger partial charge in [-0.15, -0.1) is 10.2 Å². The maximum atomic E-state index is 5.56. The molecule has 0 fully saturated rings. The number of nitrogens with zero attached hydrogens (tertiary/aromatic N) is 3. The second-order valence-electron chi connectivity index (χ2n) is 4.15. The average molecular weight is 251 g/mol. The number of hydrogen-bond acceptors (Lipinski definition) is 5. The van der Waals surface area contributed by atoms with Gasteiger partial charge in [-0.2, -0.15) is 0 Å². The Hall–Kier alpha value is -2.53. The number of rotatable bonds is 3. The fraction of sp³-hybridized carbons (Fsp3) is 0.0714. The fourth-order valence-corrected chi connectivity index (χ4v) is 1.79. The average Bonchev–Trinajstić information content (AvgIpc) is 2.48. The van der Waals surface area contributed by atoms with Crippen LogP contribution in [0.25, 0.3) is 11.0 Å². The zero-order valence-electron chi connectivity index (χ0n) is 10.2. The fourth-order valence-electron chi connectivity index (χ4n) is 1.79. The summed E-state index contributed by atoms with van der Waals surface area (Å²) in [7, 11) is 0. The van der Waals surface area contributed by atoms with E-state index in [-0.39, 0.29) is 0 Å². The number of benzene rings is 2. The third-order valence-corrected chi connectivity index (χ3v) is 2.81. The lowest BCUT2D eigenvalue weighted by Crippen LogP contribution is -2.00. The Morgan fingerprint density at radius 1 is 0.895 bits per heavy atom. The number of nitrogens with two attached hydrogens (primary N) is 1. The molecule has 0 bridgehead atoms. The molecule has 0 radical (unpaired) electrons. The quantitative estimate of drug-likeness (QED) is 0.746. The number of aromatic nitrogens is 3. The molecule has 0 saturated heterocycles. The second kappa shape index (κ2) is 4.99. The predicted octanol–water partition coefficient (Wildman–Crippen LogP) is 2.23. The van der Waals surface area contributed by atoms with Crippen LogP contribution in [0.3, 0.4) is 0 Å². The van der Waals surface area contributed by atoms with Gasteiger partial charge in [0.1, 0.15) is 5.52 Å². The van der Waals surface area contributed by atoms with Gasteiger partial charge >= 0.3 is 0 Å². The van der Waals surface area contributed by atoms with E-state index in [0.717, 1.165) is 22.3 Å². The molecule has 1 aromatic heterocycles. The molecule has 0 aliphatic carbocycles. The van der Waals surface area contributed by atoms with Gasteiger partial charge in [0.05, 0.1) is 5.52 Å². The Labute approximate surface area is 110 Å². The number of hydrogen-bond donors (Lipinski definition) is 2.